The second kappa shape index (κ2) is 10.9. The minimum atomic E-state index is -1.26. The number of carbonyl (C=O) groups is 2. The van der Waals surface area contributed by atoms with E-state index in [2.05, 4.69) is 37.9 Å². The number of rotatable bonds is 8. The summed E-state index contributed by atoms with van der Waals surface area (Å²) >= 11 is 0. The first-order valence-corrected chi connectivity index (χ1v) is 10.4. The van der Waals surface area contributed by atoms with Crippen LogP contribution in [0.2, 0.25) is 0 Å². The number of nitrogens with one attached hydrogen (secondary N) is 1. The van der Waals surface area contributed by atoms with Gasteiger partial charge in [0.2, 0.25) is 0 Å². The Morgan fingerprint density at radius 2 is 1.46 bits per heavy atom. The predicted octanol–water partition coefficient (Wildman–Crippen LogP) is 2.21. The molecule has 2 fully saturated rings. The van der Waals surface area contributed by atoms with Crippen LogP contribution in [0.4, 0.5) is 0 Å². The van der Waals surface area contributed by atoms with Gasteiger partial charge in [-0.1, -0.05) is 40.5 Å². The lowest BCUT2D eigenvalue weighted by molar-refractivity contribution is -0.164. The van der Waals surface area contributed by atoms with E-state index in [4.69, 9.17) is 10.2 Å². The monoisotopic (exact) mass is 398 g/mol. The van der Waals surface area contributed by atoms with Crippen molar-refractivity contribution in [3.63, 3.8) is 0 Å². The molecule has 7 nitrogen and oxygen atoms in total. The molecule has 2 saturated heterocycles. The number of hydrogen-bond donors (Lipinski definition) is 4. The van der Waals surface area contributed by atoms with Crippen LogP contribution < -0.4 is 5.32 Å². The number of piperidine rings is 2. The molecule has 2 heterocycles. The standard InChI is InChI=1S/C17H34N2O.C4H4O4/c1-5-7-16-10-18-11-17(8-6-2,15(16)20)13-19(12-16)9-14(3)4;5-3(6)1-2-4(7)8/h14-15,18,20H,5-13H2,1-4H3;1-2H,(H,5,6)(H,7,8)/b;2-1+/t15?,16-,17?;/m0./s1. The fraction of sp³-hybridized carbons (Fsp3) is 0.810. The van der Waals surface area contributed by atoms with Crippen molar-refractivity contribution >= 4 is 11.9 Å². The number of carboxylic acid groups (broad SMARTS) is 2. The van der Waals surface area contributed by atoms with Crippen molar-refractivity contribution in [3.8, 4) is 0 Å². The van der Waals surface area contributed by atoms with Crippen molar-refractivity contribution in [3.05, 3.63) is 12.2 Å². The molecule has 7 heteroatoms. The van der Waals surface area contributed by atoms with Crippen LogP contribution in [0.15, 0.2) is 12.2 Å². The average molecular weight is 399 g/mol. The summed E-state index contributed by atoms with van der Waals surface area (Å²) in [5, 5.41) is 30.4. The normalized spacial score (nSPS) is 30.1. The molecule has 2 aliphatic rings. The largest absolute Gasteiger partial charge is 0.478 e. The smallest absolute Gasteiger partial charge is 0.328 e. The number of hydrogen-bond acceptors (Lipinski definition) is 5. The first kappa shape index (κ1) is 24.6. The lowest BCUT2D eigenvalue weighted by atomic mass is 9.59. The van der Waals surface area contributed by atoms with E-state index < -0.39 is 11.9 Å². The van der Waals surface area contributed by atoms with Crippen LogP contribution in [0, 0.1) is 16.7 Å². The first-order valence-electron chi connectivity index (χ1n) is 10.4. The van der Waals surface area contributed by atoms with Crippen LogP contribution in [0.1, 0.15) is 53.4 Å². The summed E-state index contributed by atoms with van der Waals surface area (Å²) in [5.41, 5.74) is 0.157. The lowest BCUT2D eigenvalue weighted by Gasteiger charge is -2.60. The van der Waals surface area contributed by atoms with E-state index in [9.17, 15) is 14.7 Å². The summed E-state index contributed by atoms with van der Waals surface area (Å²) in [7, 11) is 0. The van der Waals surface area contributed by atoms with Gasteiger partial charge in [-0.2, -0.15) is 0 Å². The maximum atomic E-state index is 11.1. The highest BCUT2D eigenvalue weighted by Crippen LogP contribution is 2.48. The van der Waals surface area contributed by atoms with E-state index in [1.807, 2.05) is 0 Å². The number of aliphatic hydroxyl groups excluding tert-OH is 1. The van der Waals surface area contributed by atoms with E-state index in [1.165, 1.54) is 6.54 Å². The molecule has 28 heavy (non-hydrogen) atoms. The molecule has 2 rings (SSSR count). The molecule has 2 unspecified atom stereocenters. The highest BCUT2D eigenvalue weighted by Gasteiger charge is 2.56. The van der Waals surface area contributed by atoms with E-state index in [1.54, 1.807) is 0 Å². The summed E-state index contributed by atoms with van der Waals surface area (Å²) in [6, 6.07) is 0. The number of aliphatic hydroxyl groups is 1. The summed E-state index contributed by atoms with van der Waals surface area (Å²) in [6.45, 7) is 14.4. The van der Waals surface area contributed by atoms with Gasteiger partial charge in [0.1, 0.15) is 0 Å². The molecule has 0 aliphatic carbocycles. The lowest BCUT2D eigenvalue weighted by Crippen LogP contribution is -2.71. The Morgan fingerprint density at radius 1 is 1.04 bits per heavy atom. The second-order valence-electron chi connectivity index (χ2n) is 8.80. The van der Waals surface area contributed by atoms with Crippen molar-refractivity contribution in [1.29, 1.82) is 0 Å². The maximum absolute atomic E-state index is 11.1. The SMILES string of the molecule is CCCC12CNC[C@@](CCC)(CN(CC(C)C)C1)C2O.O=C(O)/C=C/C(=O)O. The van der Waals surface area contributed by atoms with Crippen molar-refractivity contribution in [2.75, 3.05) is 32.7 Å². The van der Waals surface area contributed by atoms with Gasteiger partial charge in [-0.05, 0) is 18.8 Å². The van der Waals surface area contributed by atoms with Gasteiger partial charge in [0, 0.05) is 55.7 Å². The number of fused-ring (bicyclic) bond motifs is 2. The molecule has 0 aromatic heterocycles. The minimum Gasteiger partial charge on any atom is -0.478 e. The Kier molecular flexibility index (Phi) is 9.60. The summed E-state index contributed by atoms with van der Waals surface area (Å²) < 4.78 is 0. The summed E-state index contributed by atoms with van der Waals surface area (Å²) in [4.78, 5) is 21.7. The van der Waals surface area contributed by atoms with Crippen LogP contribution in [-0.2, 0) is 9.59 Å². The van der Waals surface area contributed by atoms with Gasteiger partial charge in [0.15, 0.2) is 0 Å². The molecular formula is C21H38N2O5. The van der Waals surface area contributed by atoms with Gasteiger partial charge >= 0.3 is 11.9 Å². The molecule has 2 bridgehead atoms. The van der Waals surface area contributed by atoms with Crippen LogP contribution >= 0.6 is 0 Å². The summed E-state index contributed by atoms with van der Waals surface area (Å²) in [6.07, 6.45) is 5.60. The van der Waals surface area contributed by atoms with Gasteiger partial charge in [0.05, 0.1) is 6.10 Å². The molecule has 0 amide bonds. The van der Waals surface area contributed by atoms with Crippen LogP contribution in [0.25, 0.3) is 0 Å². The first-order chi connectivity index (χ1) is 13.1. The van der Waals surface area contributed by atoms with Crippen LogP contribution in [0.3, 0.4) is 0 Å². The average Bonchev–Trinajstić information content (AvgIpc) is 2.56. The van der Waals surface area contributed by atoms with Crippen molar-refractivity contribution in [2.45, 2.75) is 59.5 Å². The Bertz CT molecular complexity index is 503. The fourth-order valence-corrected chi connectivity index (χ4v) is 5.03. The Balaban J connectivity index is 0.000000416. The van der Waals surface area contributed by atoms with Crippen molar-refractivity contribution < 1.29 is 24.9 Å². The number of likely N-dealkylation sites (tertiary alicyclic amines) is 1. The molecule has 0 spiro atoms. The van der Waals surface area contributed by atoms with E-state index in [0.717, 1.165) is 51.9 Å². The third-order valence-corrected chi connectivity index (χ3v) is 5.68. The molecule has 0 aromatic rings. The van der Waals surface area contributed by atoms with Gasteiger partial charge in [-0.15, -0.1) is 0 Å². The topological polar surface area (TPSA) is 110 Å². The highest BCUT2D eigenvalue weighted by molar-refractivity contribution is 5.89. The highest BCUT2D eigenvalue weighted by atomic mass is 16.4. The molecule has 0 aromatic carbocycles. The Labute approximate surface area is 168 Å². The van der Waals surface area contributed by atoms with Gasteiger partial charge in [0.25, 0.3) is 0 Å². The number of aliphatic carboxylic acids is 2. The summed E-state index contributed by atoms with van der Waals surface area (Å²) in [5.74, 6) is -1.81. The van der Waals surface area contributed by atoms with Crippen molar-refractivity contribution in [1.82, 2.24) is 10.2 Å². The molecule has 162 valence electrons. The van der Waals surface area contributed by atoms with E-state index in [0.29, 0.717) is 18.1 Å². The third kappa shape index (κ3) is 6.57. The van der Waals surface area contributed by atoms with E-state index >= 15 is 0 Å². The van der Waals surface area contributed by atoms with Gasteiger partial charge < -0.3 is 25.5 Å². The number of nitrogens with zero attached hydrogens (tertiary/aromatic N) is 1. The molecule has 2 aliphatic heterocycles. The maximum Gasteiger partial charge on any atom is 0.328 e. The number of carboxylic acids is 2. The molecular weight excluding hydrogens is 360 g/mol. The quantitative estimate of drug-likeness (QED) is 0.464. The molecule has 0 radical (unpaired) electrons. The molecule has 0 saturated carbocycles. The Hall–Kier alpha value is -1.44. The van der Waals surface area contributed by atoms with E-state index in [-0.39, 0.29) is 16.9 Å². The van der Waals surface area contributed by atoms with Crippen LogP contribution in [0.5, 0.6) is 0 Å². The zero-order valence-electron chi connectivity index (χ0n) is 17.8. The third-order valence-electron chi connectivity index (χ3n) is 5.68. The Morgan fingerprint density at radius 3 is 1.79 bits per heavy atom. The van der Waals surface area contributed by atoms with Crippen molar-refractivity contribution in [2.24, 2.45) is 16.7 Å². The zero-order valence-corrected chi connectivity index (χ0v) is 17.8. The predicted molar refractivity (Wildman–Crippen MR) is 109 cm³/mol. The second-order valence-corrected chi connectivity index (χ2v) is 8.80. The zero-order chi connectivity index (χ0) is 21.4. The van der Waals surface area contributed by atoms with Gasteiger partial charge in [-0.25, -0.2) is 9.59 Å². The molecule has 3 atom stereocenters. The van der Waals surface area contributed by atoms with Crippen LogP contribution in [-0.4, -0.2) is 71.0 Å². The molecule has 4 N–H and O–H groups in total. The van der Waals surface area contributed by atoms with Gasteiger partial charge in [-0.3, -0.25) is 0 Å². The fourth-order valence-electron chi connectivity index (χ4n) is 5.03. The minimum absolute atomic E-state index is 0.0787.